The molecule has 1 aliphatic carbocycles. The maximum Gasteiger partial charge on any atom is 0.0720 e. The van der Waals surface area contributed by atoms with Crippen molar-refractivity contribution >= 4 is 0 Å². The molecule has 1 aliphatic rings. The molecule has 1 aromatic rings. The maximum atomic E-state index is 5.98. The van der Waals surface area contributed by atoms with E-state index < -0.39 is 0 Å². The molecule has 0 aliphatic heterocycles. The molecule has 0 saturated heterocycles. The zero-order chi connectivity index (χ0) is 12.8. The third-order valence-corrected chi connectivity index (χ3v) is 3.62. The smallest absolute Gasteiger partial charge is 0.0720 e. The molecular formula is C15H23NO2. The van der Waals surface area contributed by atoms with E-state index in [4.69, 9.17) is 15.2 Å². The van der Waals surface area contributed by atoms with Crippen molar-refractivity contribution in [2.75, 3.05) is 7.11 Å². The van der Waals surface area contributed by atoms with Crippen molar-refractivity contribution in [1.29, 1.82) is 0 Å². The van der Waals surface area contributed by atoms with E-state index in [1.165, 1.54) is 18.4 Å². The predicted octanol–water partition coefficient (Wildman–Crippen LogP) is 2.62. The Morgan fingerprint density at radius 1 is 1.22 bits per heavy atom. The Hall–Kier alpha value is -0.900. The second-order valence-electron chi connectivity index (χ2n) is 4.98. The Bertz CT molecular complexity index is 367. The van der Waals surface area contributed by atoms with Crippen LogP contribution < -0.4 is 5.73 Å². The zero-order valence-electron chi connectivity index (χ0n) is 11.1. The maximum absolute atomic E-state index is 5.98. The van der Waals surface area contributed by atoms with Gasteiger partial charge in [0.2, 0.25) is 0 Å². The summed E-state index contributed by atoms with van der Waals surface area (Å²) in [5, 5.41) is 0. The molecule has 18 heavy (non-hydrogen) atoms. The molecule has 3 nitrogen and oxygen atoms in total. The Morgan fingerprint density at radius 2 is 2.00 bits per heavy atom. The van der Waals surface area contributed by atoms with Crippen LogP contribution in [-0.4, -0.2) is 19.3 Å². The average Bonchev–Trinajstić information content (AvgIpc) is 2.45. The summed E-state index contributed by atoms with van der Waals surface area (Å²) in [4.78, 5) is 0. The third-order valence-electron chi connectivity index (χ3n) is 3.62. The van der Waals surface area contributed by atoms with E-state index in [0.29, 0.717) is 25.4 Å². The lowest BCUT2D eigenvalue weighted by atomic mass is 9.95. The van der Waals surface area contributed by atoms with E-state index in [1.807, 2.05) is 12.1 Å². The highest BCUT2D eigenvalue weighted by molar-refractivity contribution is 5.22. The van der Waals surface area contributed by atoms with Crippen LogP contribution in [0.1, 0.15) is 36.8 Å². The van der Waals surface area contributed by atoms with E-state index in [9.17, 15) is 0 Å². The van der Waals surface area contributed by atoms with Crippen LogP contribution in [0.3, 0.4) is 0 Å². The predicted molar refractivity (Wildman–Crippen MR) is 72.2 cm³/mol. The molecule has 0 amide bonds. The Labute approximate surface area is 109 Å². The number of methoxy groups -OCH3 is 1. The number of nitrogens with two attached hydrogens (primary N) is 1. The SMILES string of the molecule is COC1CCCC(OCc2cccc(CN)c2)C1. The number of benzene rings is 1. The van der Waals surface area contributed by atoms with Gasteiger partial charge in [-0.05, 0) is 36.8 Å². The monoisotopic (exact) mass is 249 g/mol. The average molecular weight is 249 g/mol. The lowest BCUT2D eigenvalue weighted by Crippen LogP contribution is -2.27. The van der Waals surface area contributed by atoms with Crippen LogP contribution in [-0.2, 0) is 22.6 Å². The van der Waals surface area contributed by atoms with Crippen LogP contribution in [0.2, 0.25) is 0 Å². The number of hydrogen-bond donors (Lipinski definition) is 1. The van der Waals surface area contributed by atoms with Crippen molar-refractivity contribution in [3.05, 3.63) is 35.4 Å². The van der Waals surface area contributed by atoms with Gasteiger partial charge in [-0.1, -0.05) is 24.3 Å². The molecule has 0 bridgehead atoms. The molecule has 0 aromatic heterocycles. The molecule has 1 saturated carbocycles. The quantitative estimate of drug-likeness (QED) is 0.872. The normalized spacial score (nSPS) is 24.1. The molecule has 0 spiro atoms. The fourth-order valence-electron chi connectivity index (χ4n) is 2.53. The first-order chi connectivity index (χ1) is 8.81. The van der Waals surface area contributed by atoms with Crippen LogP contribution in [0.4, 0.5) is 0 Å². The third kappa shape index (κ3) is 3.80. The highest BCUT2D eigenvalue weighted by Crippen LogP contribution is 2.24. The highest BCUT2D eigenvalue weighted by atomic mass is 16.5. The summed E-state index contributed by atoms with van der Waals surface area (Å²) >= 11 is 0. The van der Waals surface area contributed by atoms with Gasteiger partial charge < -0.3 is 15.2 Å². The molecule has 100 valence electrons. The molecule has 0 heterocycles. The molecule has 3 heteroatoms. The standard InChI is InChI=1S/C15H23NO2/c1-17-14-6-3-7-15(9-14)18-11-13-5-2-4-12(8-13)10-16/h2,4-5,8,14-15H,3,6-7,9-11,16H2,1H3. The van der Waals surface area contributed by atoms with Crippen molar-refractivity contribution in [2.45, 2.75) is 51.0 Å². The molecule has 2 rings (SSSR count). The van der Waals surface area contributed by atoms with Gasteiger partial charge in [-0.2, -0.15) is 0 Å². The van der Waals surface area contributed by atoms with Crippen molar-refractivity contribution in [1.82, 2.24) is 0 Å². The van der Waals surface area contributed by atoms with Gasteiger partial charge in [0.1, 0.15) is 0 Å². The highest BCUT2D eigenvalue weighted by Gasteiger charge is 2.22. The van der Waals surface area contributed by atoms with Gasteiger partial charge in [0.05, 0.1) is 18.8 Å². The first-order valence-electron chi connectivity index (χ1n) is 6.74. The summed E-state index contributed by atoms with van der Waals surface area (Å²) in [6, 6.07) is 8.30. The largest absolute Gasteiger partial charge is 0.381 e. The van der Waals surface area contributed by atoms with Crippen molar-refractivity contribution in [3.63, 3.8) is 0 Å². The van der Waals surface area contributed by atoms with Gasteiger partial charge in [-0.15, -0.1) is 0 Å². The summed E-state index contributed by atoms with van der Waals surface area (Å²) in [6.45, 7) is 1.26. The Morgan fingerprint density at radius 3 is 2.78 bits per heavy atom. The van der Waals surface area contributed by atoms with Crippen LogP contribution in [0.25, 0.3) is 0 Å². The minimum Gasteiger partial charge on any atom is -0.381 e. The molecule has 1 aromatic carbocycles. The topological polar surface area (TPSA) is 44.5 Å². The zero-order valence-corrected chi connectivity index (χ0v) is 11.1. The fourth-order valence-corrected chi connectivity index (χ4v) is 2.53. The van der Waals surface area contributed by atoms with E-state index >= 15 is 0 Å². The van der Waals surface area contributed by atoms with Gasteiger partial charge in [0.25, 0.3) is 0 Å². The molecule has 2 atom stereocenters. The lowest BCUT2D eigenvalue weighted by Gasteiger charge is -2.28. The second kappa shape index (κ2) is 6.88. The van der Waals surface area contributed by atoms with Gasteiger partial charge >= 0.3 is 0 Å². The number of rotatable bonds is 5. The Kier molecular flexibility index (Phi) is 5.17. The molecule has 2 unspecified atom stereocenters. The molecule has 1 fully saturated rings. The first kappa shape index (κ1) is 13.5. The minimum atomic E-state index is 0.338. The van der Waals surface area contributed by atoms with Gasteiger partial charge in [-0.3, -0.25) is 0 Å². The summed E-state index contributed by atoms with van der Waals surface area (Å²) in [5.74, 6) is 0. The van der Waals surface area contributed by atoms with E-state index in [-0.39, 0.29) is 0 Å². The van der Waals surface area contributed by atoms with Gasteiger partial charge in [-0.25, -0.2) is 0 Å². The summed E-state index contributed by atoms with van der Waals surface area (Å²) in [6.07, 6.45) is 5.25. The molecule has 0 radical (unpaired) electrons. The van der Waals surface area contributed by atoms with Crippen molar-refractivity contribution < 1.29 is 9.47 Å². The number of ether oxygens (including phenoxy) is 2. The number of hydrogen-bond acceptors (Lipinski definition) is 3. The first-order valence-corrected chi connectivity index (χ1v) is 6.74. The minimum absolute atomic E-state index is 0.338. The fraction of sp³-hybridized carbons (Fsp3) is 0.600. The van der Waals surface area contributed by atoms with Crippen molar-refractivity contribution in [2.24, 2.45) is 5.73 Å². The van der Waals surface area contributed by atoms with Crippen LogP contribution in [0, 0.1) is 0 Å². The van der Waals surface area contributed by atoms with E-state index in [1.54, 1.807) is 7.11 Å². The van der Waals surface area contributed by atoms with Gasteiger partial charge in [0.15, 0.2) is 0 Å². The van der Waals surface area contributed by atoms with E-state index in [2.05, 4.69) is 12.1 Å². The lowest BCUT2D eigenvalue weighted by molar-refractivity contribution is -0.0363. The second-order valence-corrected chi connectivity index (χ2v) is 4.98. The summed E-state index contributed by atoms with van der Waals surface area (Å²) in [7, 11) is 1.79. The van der Waals surface area contributed by atoms with Crippen LogP contribution >= 0.6 is 0 Å². The van der Waals surface area contributed by atoms with Crippen molar-refractivity contribution in [3.8, 4) is 0 Å². The van der Waals surface area contributed by atoms with E-state index in [0.717, 1.165) is 18.4 Å². The van der Waals surface area contributed by atoms with Crippen LogP contribution in [0.15, 0.2) is 24.3 Å². The van der Waals surface area contributed by atoms with Gasteiger partial charge in [0, 0.05) is 13.7 Å². The summed E-state index contributed by atoms with van der Waals surface area (Å²) in [5.41, 5.74) is 8.00. The summed E-state index contributed by atoms with van der Waals surface area (Å²) < 4.78 is 11.4. The molecular weight excluding hydrogens is 226 g/mol. The van der Waals surface area contributed by atoms with Crippen LogP contribution in [0.5, 0.6) is 0 Å². The molecule has 2 N–H and O–H groups in total. The Balaban J connectivity index is 1.83.